The summed E-state index contributed by atoms with van der Waals surface area (Å²) in [7, 11) is 5.49. The smallest absolute Gasteiger partial charge is 0.165 e. The molecule has 0 amide bonds. The number of ether oxygens (including phenoxy) is 2. The number of halogens is 1. The van der Waals surface area contributed by atoms with Gasteiger partial charge in [0, 0.05) is 65.3 Å². The molecule has 9 atom stereocenters. The summed E-state index contributed by atoms with van der Waals surface area (Å²) in [6, 6.07) is 9.08. The highest BCUT2D eigenvalue weighted by molar-refractivity contribution is 5.85. The van der Waals surface area contributed by atoms with Crippen LogP contribution in [0.4, 0.5) is 0 Å². The summed E-state index contributed by atoms with van der Waals surface area (Å²) in [5, 5.41) is 17.3. The molecule has 2 N–H and O–H groups in total. The number of nitrogens with zero attached hydrogens (tertiary/aromatic N) is 2. The standard InChI is InChI=1S/C19H23NO.C18H23NO2.CH4O.ClH/c1-11-4-6-13-10-15-14-7-5-12(2)18-19(14,8-9-20(15)3)16(13)17(11)21-18;1-11-5-7-14(20)16-15(11)18-8-9-19(3)10-13(18)6-4-12(2)17(18)21-16;1-2;/h4-7,12,14-15,18H,8-10H2,1-3H3;4-7,12-13,17,20H,8-10H2,1-3H3;2H,1H3;1H/t12-,14?,15+,18-,19-;12-,13?,17-,18-;;/m00../s1. The Morgan fingerprint density at radius 3 is 2.18 bits per heavy atom. The number of aliphatic hydroxyl groups is 1. The van der Waals surface area contributed by atoms with Crippen molar-refractivity contribution in [3.8, 4) is 17.2 Å². The molecule has 2 fully saturated rings. The quantitative estimate of drug-likeness (QED) is 0.349. The van der Waals surface area contributed by atoms with Crippen LogP contribution in [0.3, 0.4) is 0 Å². The van der Waals surface area contributed by atoms with Gasteiger partial charge < -0.3 is 29.5 Å². The van der Waals surface area contributed by atoms with Crippen LogP contribution in [-0.4, -0.2) is 79.1 Å². The number of phenolic OH excluding ortho intramolecular Hbond substituents is 1. The van der Waals surface area contributed by atoms with Crippen LogP contribution in [-0.2, 0) is 17.3 Å². The number of phenols is 1. The largest absolute Gasteiger partial charge is 0.504 e. The minimum absolute atomic E-state index is 0. The van der Waals surface area contributed by atoms with E-state index in [-0.39, 0.29) is 29.3 Å². The van der Waals surface area contributed by atoms with E-state index < -0.39 is 0 Å². The van der Waals surface area contributed by atoms with Crippen molar-refractivity contribution in [2.75, 3.05) is 40.8 Å². The van der Waals surface area contributed by atoms with Gasteiger partial charge in [0.25, 0.3) is 0 Å². The number of fused-ring (bicyclic) bond motifs is 1. The second-order valence-electron chi connectivity index (χ2n) is 14.6. The topological polar surface area (TPSA) is 65.4 Å². The maximum atomic E-state index is 10.3. The van der Waals surface area contributed by atoms with Crippen LogP contribution in [0.5, 0.6) is 17.2 Å². The zero-order chi connectivity index (χ0) is 31.1. The summed E-state index contributed by atoms with van der Waals surface area (Å²) in [5.41, 5.74) is 7.26. The summed E-state index contributed by atoms with van der Waals surface area (Å²) < 4.78 is 12.9. The molecular formula is C38H51ClN2O4. The predicted octanol–water partition coefficient (Wildman–Crippen LogP) is 5.96. The van der Waals surface area contributed by atoms with Gasteiger partial charge in [-0.05, 0) is 83.1 Å². The summed E-state index contributed by atoms with van der Waals surface area (Å²) in [4.78, 5) is 4.98. The average Bonchev–Trinajstić information content (AvgIpc) is 3.57. The third-order valence-corrected chi connectivity index (χ3v) is 12.4. The number of aryl methyl sites for hydroxylation is 2. The molecule has 3 aliphatic carbocycles. The molecule has 2 unspecified atom stereocenters. The molecule has 2 aromatic rings. The number of benzene rings is 2. The van der Waals surface area contributed by atoms with Gasteiger partial charge in [0.1, 0.15) is 18.0 Å². The highest BCUT2D eigenvalue weighted by atomic mass is 35.5. The van der Waals surface area contributed by atoms with Crippen molar-refractivity contribution in [2.24, 2.45) is 23.7 Å². The average molecular weight is 635 g/mol. The molecule has 0 radical (unpaired) electrons. The molecule has 7 heteroatoms. The third kappa shape index (κ3) is 4.38. The SMILES string of the molecule is CO.Cc1ccc(O)c2c1[C@]13CCN(C)CC1C=C[C@H](C)[C@@H]3O2.Cc1ccc2c3c1O[C@H]1[C@@H](C)C=CC4[C@@H](C2)N(C)CC[C@@]341.Cl. The normalized spacial score (nSPS) is 37.6. The molecule has 7 aliphatic rings. The lowest BCUT2D eigenvalue weighted by atomic mass is 9.52. The van der Waals surface area contributed by atoms with Crippen molar-refractivity contribution >= 4 is 12.4 Å². The molecule has 9 rings (SSSR count). The van der Waals surface area contributed by atoms with Crippen LogP contribution in [0, 0.1) is 37.5 Å². The highest BCUT2D eigenvalue weighted by Crippen LogP contribution is 2.62. The first-order chi connectivity index (χ1) is 21.2. The zero-order valence-electron chi connectivity index (χ0n) is 27.9. The zero-order valence-corrected chi connectivity index (χ0v) is 28.7. The Kier molecular flexibility index (Phi) is 8.38. The van der Waals surface area contributed by atoms with Gasteiger partial charge in [-0.2, -0.15) is 0 Å². The van der Waals surface area contributed by atoms with Crippen molar-refractivity contribution in [3.05, 3.63) is 76.4 Å². The van der Waals surface area contributed by atoms with Crippen LogP contribution in [0.25, 0.3) is 0 Å². The fourth-order valence-corrected chi connectivity index (χ4v) is 10.4. The maximum absolute atomic E-state index is 10.3. The lowest BCUT2D eigenvalue weighted by molar-refractivity contribution is -0.0142. The van der Waals surface area contributed by atoms with Crippen molar-refractivity contribution in [2.45, 2.75) is 76.0 Å². The molecular weight excluding hydrogens is 584 g/mol. The van der Waals surface area contributed by atoms with E-state index >= 15 is 0 Å². The number of hydrogen-bond acceptors (Lipinski definition) is 6. The number of hydrogen-bond donors (Lipinski definition) is 2. The monoisotopic (exact) mass is 634 g/mol. The molecule has 4 aliphatic heterocycles. The van der Waals surface area contributed by atoms with Gasteiger partial charge in [0.2, 0.25) is 0 Å². The number of likely N-dealkylation sites (N-methyl/N-ethyl adjacent to an activating group) is 1. The summed E-state index contributed by atoms with van der Waals surface area (Å²) in [6.07, 6.45) is 13.6. The first-order valence-electron chi connectivity index (χ1n) is 16.7. The molecule has 244 valence electrons. The molecule has 0 aromatic heterocycles. The number of aromatic hydroxyl groups is 1. The Labute approximate surface area is 275 Å². The number of piperidine rings is 2. The van der Waals surface area contributed by atoms with Crippen LogP contribution in [0.15, 0.2) is 48.6 Å². The molecule has 2 aromatic carbocycles. The Balaban J connectivity index is 0.000000147. The van der Waals surface area contributed by atoms with Gasteiger partial charge >= 0.3 is 0 Å². The summed E-state index contributed by atoms with van der Waals surface area (Å²) in [5.74, 6) is 4.27. The lowest BCUT2D eigenvalue weighted by Crippen LogP contribution is -2.63. The molecule has 2 bridgehead atoms. The van der Waals surface area contributed by atoms with Crippen molar-refractivity contribution in [1.29, 1.82) is 0 Å². The van der Waals surface area contributed by atoms with Crippen LogP contribution >= 0.6 is 12.4 Å². The second-order valence-corrected chi connectivity index (χ2v) is 14.6. The molecule has 2 spiro atoms. The minimum atomic E-state index is 0. The van der Waals surface area contributed by atoms with E-state index in [0.717, 1.165) is 32.4 Å². The van der Waals surface area contributed by atoms with Gasteiger partial charge in [0.05, 0.1) is 0 Å². The van der Waals surface area contributed by atoms with E-state index in [1.165, 1.54) is 41.8 Å². The highest BCUT2D eigenvalue weighted by Gasteiger charge is 2.63. The lowest BCUT2D eigenvalue weighted by Gasteiger charge is -2.56. The molecule has 45 heavy (non-hydrogen) atoms. The molecule has 4 heterocycles. The number of likely N-dealkylation sites (tertiary alicyclic amines) is 2. The van der Waals surface area contributed by atoms with Gasteiger partial charge in [-0.3, -0.25) is 0 Å². The van der Waals surface area contributed by atoms with E-state index in [0.29, 0.717) is 41.6 Å². The number of rotatable bonds is 0. The Bertz CT molecular complexity index is 1520. The fraction of sp³-hybridized carbons (Fsp3) is 0.579. The Hall–Kier alpha value is -2.51. The Morgan fingerprint density at radius 1 is 0.778 bits per heavy atom. The van der Waals surface area contributed by atoms with Gasteiger partial charge in [-0.15, -0.1) is 12.4 Å². The molecule has 2 saturated heterocycles. The summed E-state index contributed by atoms with van der Waals surface area (Å²) in [6.45, 7) is 12.3. The van der Waals surface area contributed by atoms with Crippen LogP contribution < -0.4 is 9.47 Å². The molecule has 0 saturated carbocycles. The van der Waals surface area contributed by atoms with Gasteiger partial charge in [0.15, 0.2) is 11.5 Å². The van der Waals surface area contributed by atoms with Crippen molar-refractivity contribution < 1.29 is 19.7 Å². The first-order valence-corrected chi connectivity index (χ1v) is 16.7. The predicted molar refractivity (Wildman–Crippen MR) is 182 cm³/mol. The molecule has 6 nitrogen and oxygen atoms in total. The minimum Gasteiger partial charge on any atom is -0.504 e. The van der Waals surface area contributed by atoms with E-state index in [1.807, 2.05) is 6.07 Å². The van der Waals surface area contributed by atoms with Gasteiger partial charge in [-0.25, -0.2) is 0 Å². The maximum Gasteiger partial charge on any atom is 0.165 e. The van der Waals surface area contributed by atoms with Crippen LogP contribution in [0.2, 0.25) is 0 Å². The fourth-order valence-electron chi connectivity index (χ4n) is 10.4. The number of aliphatic hydroxyl groups excluding tert-OH is 1. The Morgan fingerprint density at radius 2 is 1.42 bits per heavy atom. The van der Waals surface area contributed by atoms with E-state index in [1.54, 1.807) is 17.2 Å². The van der Waals surface area contributed by atoms with E-state index in [9.17, 15) is 5.11 Å². The van der Waals surface area contributed by atoms with E-state index in [2.05, 4.69) is 88.0 Å². The summed E-state index contributed by atoms with van der Waals surface area (Å²) >= 11 is 0. The van der Waals surface area contributed by atoms with E-state index in [4.69, 9.17) is 14.6 Å². The third-order valence-electron chi connectivity index (χ3n) is 12.4. The van der Waals surface area contributed by atoms with Crippen molar-refractivity contribution in [1.82, 2.24) is 9.80 Å². The van der Waals surface area contributed by atoms with Crippen LogP contribution in [0.1, 0.15) is 54.5 Å². The first kappa shape index (κ1) is 32.4. The van der Waals surface area contributed by atoms with Gasteiger partial charge in [-0.1, -0.05) is 56.4 Å². The van der Waals surface area contributed by atoms with Crippen molar-refractivity contribution in [3.63, 3.8) is 0 Å². The second kappa shape index (κ2) is 11.6.